The van der Waals surface area contributed by atoms with E-state index in [-0.39, 0.29) is 6.10 Å². The van der Waals surface area contributed by atoms with E-state index in [1.165, 1.54) is 0 Å². The average Bonchev–Trinajstić information content (AvgIpc) is 2.97. The van der Waals surface area contributed by atoms with Crippen LogP contribution in [0.1, 0.15) is 24.0 Å². The third kappa shape index (κ3) is 4.18. The summed E-state index contributed by atoms with van der Waals surface area (Å²) in [6.45, 7) is 7.22. The Kier molecular flexibility index (Phi) is 5.15. The van der Waals surface area contributed by atoms with Crippen molar-refractivity contribution in [1.29, 1.82) is 0 Å². The smallest absolute Gasteiger partial charge is 0.194 e. The van der Waals surface area contributed by atoms with Crippen LogP contribution in [0.5, 0.6) is 0 Å². The highest BCUT2D eigenvalue weighted by Crippen LogP contribution is 2.10. The molecule has 0 bridgehead atoms. The predicted octanol–water partition coefficient (Wildman–Crippen LogP) is 1.03. The minimum absolute atomic E-state index is 0.218. The Bertz CT molecular complexity index is 432. The Labute approximate surface area is 118 Å². The largest absolute Gasteiger partial charge is 0.391 e. The molecule has 2 heterocycles. The summed E-state index contributed by atoms with van der Waals surface area (Å²) in [6.07, 6.45) is 1.48. The van der Waals surface area contributed by atoms with E-state index in [2.05, 4.69) is 32.5 Å². The molecule has 6 heteroatoms. The van der Waals surface area contributed by atoms with Gasteiger partial charge in [0.15, 0.2) is 5.96 Å². The molecule has 1 aliphatic heterocycles. The van der Waals surface area contributed by atoms with Crippen molar-refractivity contribution in [2.75, 3.05) is 26.2 Å². The van der Waals surface area contributed by atoms with Gasteiger partial charge in [0.25, 0.3) is 0 Å². The molecule has 0 aliphatic carbocycles. The van der Waals surface area contributed by atoms with Gasteiger partial charge < -0.3 is 15.3 Å². The third-order valence-corrected chi connectivity index (χ3v) is 3.92. The number of aliphatic hydroxyl groups is 1. The summed E-state index contributed by atoms with van der Waals surface area (Å²) < 4.78 is 0. The Morgan fingerprint density at radius 2 is 2.53 bits per heavy atom. The molecular weight excluding hydrogens is 260 g/mol. The number of thiazole rings is 1. The number of aliphatic imine (C=N–C) groups is 1. The van der Waals surface area contributed by atoms with Crippen molar-refractivity contribution in [1.82, 2.24) is 15.2 Å². The second kappa shape index (κ2) is 6.86. The van der Waals surface area contributed by atoms with Crippen molar-refractivity contribution in [3.05, 3.63) is 16.1 Å². The molecule has 1 saturated heterocycles. The number of nitrogens with zero attached hydrogens (tertiary/aromatic N) is 3. The van der Waals surface area contributed by atoms with Crippen molar-refractivity contribution >= 4 is 17.3 Å². The van der Waals surface area contributed by atoms with Gasteiger partial charge in [0.2, 0.25) is 0 Å². The van der Waals surface area contributed by atoms with E-state index in [4.69, 9.17) is 0 Å². The van der Waals surface area contributed by atoms with E-state index in [9.17, 15) is 5.11 Å². The maximum atomic E-state index is 9.59. The zero-order chi connectivity index (χ0) is 13.7. The van der Waals surface area contributed by atoms with Crippen LogP contribution in [0, 0.1) is 6.92 Å². The summed E-state index contributed by atoms with van der Waals surface area (Å²) in [5, 5.41) is 16.1. The maximum absolute atomic E-state index is 9.59. The van der Waals surface area contributed by atoms with Gasteiger partial charge >= 0.3 is 0 Å². The van der Waals surface area contributed by atoms with E-state index >= 15 is 0 Å². The van der Waals surface area contributed by atoms with Gasteiger partial charge in [0, 0.05) is 38.0 Å². The number of hydrogen-bond acceptors (Lipinski definition) is 4. The summed E-state index contributed by atoms with van der Waals surface area (Å²) in [5.41, 5.74) is 1.11. The number of aryl methyl sites for hydroxylation is 1. The lowest BCUT2D eigenvalue weighted by Gasteiger charge is -2.20. The van der Waals surface area contributed by atoms with Crippen molar-refractivity contribution in [2.24, 2.45) is 4.99 Å². The van der Waals surface area contributed by atoms with Crippen molar-refractivity contribution in [3.8, 4) is 0 Å². The second-order valence-corrected chi connectivity index (χ2v) is 5.79. The van der Waals surface area contributed by atoms with Crippen LogP contribution >= 0.6 is 11.3 Å². The molecule has 0 spiro atoms. The van der Waals surface area contributed by atoms with Gasteiger partial charge in [-0.25, -0.2) is 4.98 Å². The lowest BCUT2D eigenvalue weighted by Crippen LogP contribution is -2.40. The summed E-state index contributed by atoms with van der Waals surface area (Å²) in [4.78, 5) is 11.2. The lowest BCUT2D eigenvalue weighted by molar-refractivity contribution is 0.188. The first-order valence-electron chi connectivity index (χ1n) is 6.81. The fourth-order valence-corrected chi connectivity index (χ4v) is 2.81. The molecule has 2 N–H and O–H groups in total. The SMILES string of the molecule is CCNC(=NCCc1csc(C)n1)N1CC[C@@H](O)C1. The molecule has 1 fully saturated rings. The molecule has 5 nitrogen and oxygen atoms in total. The number of aromatic nitrogens is 1. The molecule has 0 amide bonds. The van der Waals surface area contributed by atoms with Gasteiger partial charge in [-0.3, -0.25) is 4.99 Å². The van der Waals surface area contributed by atoms with Crippen LogP contribution in [-0.2, 0) is 6.42 Å². The molecular formula is C13H22N4OS. The highest BCUT2D eigenvalue weighted by atomic mass is 32.1. The third-order valence-electron chi connectivity index (χ3n) is 3.09. The van der Waals surface area contributed by atoms with Crippen LogP contribution in [0.15, 0.2) is 10.4 Å². The van der Waals surface area contributed by atoms with E-state index < -0.39 is 0 Å². The molecule has 1 aromatic rings. The number of likely N-dealkylation sites (tertiary alicyclic amines) is 1. The lowest BCUT2D eigenvalue weighted by atomic mass is 10.3. The van der Waals surface area contributed by atoms with Crippen LogP contribution < -0.4 is 5.32 Å². The quantitative estimate of drug-likeness (QED) is 0.639. The van der Waals surface area contributed by atoms with Gasteiger partial charge in [-0.1, -0.05) is 0 Å². The molecule has 0 unspecified atom stereocenters. The normalized spacial score (nSPS) is 20.1. The molecule has 0 saturated carbocycles. The van der Waals surface area contributed by atoms with E-state index in [0.29, 0.717) is 6.54 Å². The van der Waals surface area contributed by atoms with Gasteiger partial charge in [-0.15, -0.1) is 11.3 Å². The van der Waals surface area contributed by atoms with Crippen LogP contribution in [0.3, 0.4) is 0 Å². The molecule has 106 valence electrons. The second-order valence-electron chi connectivity index (χ2n) is 4.73. The molecule has 2 rings (SSSR count). The number of hydrogen-bond donors (Lipinski definition) is 2. The predicted molar refractivity (Wildman–Crippen MR) is 78.7 cm³/mol. The molecule has 19 heavy (non-hydrogen) atoms. The Morgan fingerprint density at radius 3 is 3.11 bits per heavy atom. The van der Waals surface area contributed by atoms with Crippen LogP contribution in [-0.4, -0.2) is 53.2 Å². The molecule has 1 aromatic heterocycles. The summed E-state index contributed by atoms with van der Waals surface area (Å²) in [5.74, 6) is 0.908. The number of aliphatic hydroxyl groups excluding tert-OH is 1. The minimum Gasteiger partial charge on any atom is -0.391 e. The number of guanidine groups is 1. The molecule has 1 aliphatic rings. The van der Waals surface area contributed by atoms with E-state index in [1.54, 1.807) is 11.3 Å². The zero-order valence-corrected chi connectivity index (χ0v) is 12.4. The summed E-state index contributed by atoms with van der Waals surface area (Å²) in [6, 6.07) is 0. The van der Waals surface area contributed by atoms with Crippen molar-refractivity contribution < 1.29 is 5.11 Å². The van der Waals surface area contributed by atoms with Crippen molar-refractivity contribution in [3.63, 3.8) is 0 Å². The fraction of sp³-hybridized carbons (Fsp3) is 0.692. The Hall–Kier alpha value is -1.14. The minimum atomic E-state index is -0.218. The Balaban J connectivity index is 1.89. The molecule has 0 aromatic carbocycles. The number of rotatable bonds is 4. The standard InChI is InChI=1S/C13H22N4OS/c1-3-14-13(17-7-5-12(18)8-17)15-6-4-11-9-19-10(2)16-11/h9,12,18H,3-8H2,1-2H3,(H,14,15)/t12-/m1/s1. The Morgan fingerprint density at radius 1 is 1.68 bits per heavy atom. The maximum Gasteiger partial charge on any atom is 0.194 e. The highest BCUT2D eigenvalue weighted by Gasteiger charge is 2.22. The number of β-amino-alcohol motifs (C(OH)–C–C–N with tert-alkyl or cyclic N) is 1. The summed E-state index contributed by atoms with van der Waals surface area (Å²) >= 11 is 1.68. The van der Waals surface area contributed by atoms with Crippen LogP contribution in [0.25, 0.3) is 0 Å². The van der Waals surface area contributed by atoms with Gasteiger partial charge in [-0.05, 0) is 20.3 Å². The fourth-order valence-electron chi connectivity index (χ4n) is 2.16. The topological polar surface area (TPSA) is 60.8 Å². The number of nitrogens with one attached hydrogen (secondary N) is 1. The van der Waals surface area contributed by atoms with Gasteiger partial charge in [0.05, 0.1) is 16.8 Å². The monoisotopic (exact) mass is 282 g/mol. The average molecular weight is 282 g/mol. The highest BCUT2D eigenvalue weighted by molar-refractivity contribution is 7.09. The van der Waals surface area contributed by atoms with Crippen LogP contribution in [0.4, 0.5) is 0 Å². The van der Waals surface area contributed by atoms with E-state index in [0.717, 1.165) is 49.1 Å². The van der Waals surface area contributed by atoms with Crippen LogP contribution in [0.2, 0.25) is 0 Å². The zero-order valence-electron chi connectivity index (χ0n) is 11.6. The first kappa shape index (κ1) is 14.3. The van der Waals surface area contributed by atoms with Gasteiger partial charge in [-0.2, -0.15) is 0 Å². The molecule has 0 radical (unpaired) electrons. The van der Waals surface area contributed by atoms with Gasteiger partial charge in [0.1, 0.15) is 0 Å². The molecule has 1 atom stereocenters. The summed E-state index contributed by atoms with van der Waals surface area (Å²) in [7, 11) is 0. The first-order chi connectivity index (χ1) is 9.19. The first-order valence-corrected chi connectivity index (χ1v) is 7.69. The van der Waals surface area contributed by atoms with Crippen molar-refractivity contribution in [2.45, 2.75) is 32.8 Å². The van der Waals surface area contributed by atoms with E-state index in [1.807, 2.05) is 6.92 Å².